The zero-order chi connectivity index (χ0) is 8.20. The van der Waals surface area contributed by atoms with Crippen molar-refractivity contribution >= 4 is 5.91 Å². The molecule has 1 amide bonds. The molecule has 0 aliphatic rings. The van der Waals surface area contributed by atoms with Crippen LogP contribution < -0.4 is 11.1 Å². The van der Waals surface area contributed by atoms with Crippen LogP contribution in [0.2, 0.25) is 0 Å². The summed E-state index contributed by atoms with van der Waals surface area (Å²) in [5.41, 5.74) is 5.02. The molecule has 0 rings (SSSR count). The molecule has 0 atom stereocenters. The molecule has 0 aliphatic carbocycles. The molecular formula is C7H16N2O. The van der Waals surface area contributed by atoms with E-state index in [9.17, 15) is 4.79 Å². The fraction of sp³-hybridized carbons (Fsp3) is 0.857. The van der Waals surface area contributed by atoms with Gasteiger partial charge in [0, 0.05) is 18.5 Å². The molecule has 0 saturated heterocycles. The molecule has 3 heteroatoms. The summed E-state index contributed by atoms with van der Waals surface area (Å²) < 4.78 is 0. The van der Waals surface area contributed by atoms with Gasteiger partial charge in [0.2, 0.25) is 5.91 Å². The molecule has 0 spiro atoms. The second kappa shape index (κ2) is 3.56. The normalized spacial score (nSPS) is 11.5. The molecule has 60 valence electrons. The van der Waals surface area contributed by atoms with E-state index in [-0.39, 0.29) is 11.4 Å². The lowest BCUT2D eigenvalue weighted by atomic mass is 10.1. The van der Waals surface area contributed by atoms with Crippen molar-refractivity contribution in [2.24, 2.45) is 5.73 Å². The van der Waals surface area contributed by atoms with Crippen molar-refractivity contribution in [3.8, 4) is 0 Å². The van der Waals surface area contributed by atoms with E-state index in [0.717, 1.165) is 0 Å². The van der Waals surface area contributed by atoms with Gasteiger partial charge in [-0.1, -0.05) is 0 Å². The van der Waals surface area contributed by atoms with Crippen molar-refractivity contribution in [2.45, 2.75) is 32.7 Å². The maximum atomic E-state index is 10.3. The Balaban J connectivity index is 3.29. The van der Waals surface area contributed by atoms with Crippen molar-refractivity contribution in [1.29, 1.82) is 0 Å². The Kier molecular flexibility index (Phi) is 3.36. The molecule has 0 saturated carbocycles. The number of amides is 1. The molecule has 10 heavy (non-hydrogen) atoms. The van der Waals surface area contributed by atoms with Gasteiger partial charge in [0.1, 0.15) is 0 Å². The van der Waals surface area contributed by atoms with Gasteiger partial charge < -0.3 is 11.1 Å². The largest absolute Gasteiger partial charge is 0.370 e. The monoisotopic (exact) mass is 144 g/mol. The molecule has 0 aromatic carbocycles. The summed E-state index contributed by atoms with van der Waals surface area (Å²) in [7, 11) is 0. The number of primary amides is 1. The Labute approximate surface area is 62.0 Å². The van der Waals surface area contributed by atoms with Crippen LogP contribution in [0.1, 0.15) is 27.2 Å². The Morgan fingerprint density at radius 3 is 2.30 bits per heavy atom. The molecule has 0 aromatic heterocycles. The first kappa shape index (κ1) is 9.43. The third-order valence-electron chi connectivity index (χ3n) is 1.03. The molecule has 0 fully saturated rings. The predicted octanol–water partition coefficient (Wildman–Crippen LogP) is 0.250. The van der Waals surface area contributed by atoms with Gasteiger partial charge in [-0.3, -0.25) is 4.79 Å². The van der Waals surface area contributed by atoms with Crippen molar-refractivity contribution in [3.05, 3.63) is 0 Å². The lowest BCUT2D eigenvalue weighted by molar-refractivity contribution is -0.117. The Morgan fingerprint density at radius 1 is 1.50 bits per heavy atom. The van der Waals surface area contributed by atoms with E-state index < -0.39 is 0 Å². The van der Waals surface area contributed by atoms with Crippen molar-refractivity contribution < 1.29 is 4.79 Å². The minimum Gasteiger partial charge on any atom is -0.370 e. The zero-order valence-corrected chi connectivity index (χ0v) is 6.90. The molecular weight excluding hydrogens is 128 g/mol. The number of nitrogens with two attached hydrogens (primary N) is 1. The van der Waals surface area contributed by atoms with Gasteiger partial charge >= 0.3 is 0 Å². The van der Waals surface area contributed by atoms with Crippen LogP contribution in [0, 0.1) is 0 Å². The summed E-state index contributed by atoms with van der Waals surface area (Å²) in [6.07, 6.45) is 0.414. The highest BCUT2D eigenvalue weighted by Crippen LogP contribution is 1.97. The molecule has 0 radical (unpaired) electrons. The maximum absolute atomic E-state index is 10.3. The second-order valence-corrected chi connectivity index (χ2v) is 3.39. The van der Waals surface area contributed by atoms with Crippen LogP contribution >= 0.6 is 0 Å². The van der Waals surface area contributed by atoms with Gasteiger partial charge in [-0.2, -0.15) is 0 Å². The van der Waals surface area contributed by atoms with Crippen LogP contribution in [0.4, 0.5) is 0 Å². The van der Waals surface area contributed by atoms with E-state index in [1.165, 1.54) is 0 Å². The summed E-state index contributed by atoms with van der Waals surface area (Å²) >= 11 is 0. The van der Waals surface area contributed by atoms with Crippen LogP contribution in [-0.4, -0.2) is 18.0 Å². The van der Waals surface area contributed by atoms with Crippen molar-refractivity contribution in [2.75, 3.05) is 6.54 Å². The van der Waals surface area contributed by atoms with Gasteiger partial charge in [0.15, 0.2) is 0 Å². The number of hydrogen-bond donors (Lipinski definition) is 2. The summed E-state index contributed by atoms with van der Waals surface area (Å²) in [6, 6.07) is 0. The van der Waals surface area contributed by atoms with Crippen LogP contribution in [0.3, 0.4) is 0 Å². The second-order valence-electron chi connectivity index (χ2n) is 3.39. The molecule has 0 bridgehead atoms. The molecule has 0 aliphatic heterocycles. The first-order valence-electron chi connectivity index (χ1n) is 3.45. The molecule has 0 aromatic rings. The number of carbonyl (C=O) groups is 1. The minimum absolute atomic E-state index is 0.0788. The molecule has 3 N–H and O–H groups in total. The summed E-state index contributed by atoms with van der Waals surface area (Å²) in [5, 5.41) is 3.15. The lowest BCUT2D eigenvalue weighted by Crippen LogP contribution is -2.37. The summed E-state index contributed by atoms with van der Waals surface area (Å²) in [4.78, 5) is 10.3. The number of carbonyl (C=O) groups excluding carboxylic acids is 1. The number of nitrogens with one attached hydrogen (secondary N) is 1. The summed E-state index contributed by atoms with van der Waals surface area (Å²) in [5.74, 6) is -0.253. The Hall–Kier alpha value is -0.570. The molecule has 3 nitrogen and oxygen atoms in total. The van der Waals surface area contributed by atoms with Gasteiger partial charge in [-0.15, -0.1) is 0 Å². The van der Waals surface area contributed by atoms with Gasteiger partial charge in [0.05, 0.1) is 0 Å². The maximum Gasteiger partial charge on any atom is 0.218 e. The van der Waals surface area contributed by atoms with E-state index in [0.29, 0.717) is 13.0 Å². The van der Waals surface area contributed by atoms with E-state index in [2.05, 4.69) is 5.32 Å². The topological polar surface area (TPSA) is 55.1 Å². The predicted molar refractivity (Wildman–Crippen MR) is 41.6 cm³/mol. The first-order chi connectivity index (χ1) is 4.42. The third kappa shape index (κ3) is 7.43. The van der Waals surface area contributed by atoms with E-state index in [1.807, 2.05) is 20.8 Å². The van der Waals surface area contributed by atoms with E-state index in [1.54, 1.807) is 0 Å². The van der Waals surface area contributed by atoms with Crippen LogP contribution in [-0.2, 0) is 4.79 Å². The van der Waals surface area contributed by atoms with E-state index >= 15 is 0 Å². The molecule has 0 heterocycles. The highest BCUT2D eigenvalue weighted by atomic mass is 16.1. The zero-order valence-electron chi connectivity index (χ0n) is 6.90. The van der Waals surface area contributed by atoms with Crippen LogP contribution in [0.15, 0.2) is 0 Å². The van der Waals surface area contributed by atoms with Crippen LogP contribution in [0.25, 0.3) is 0 Å². The van der Waals surface area contributed by atoms with E-state index in [4.69, 9.17) is 5.73 Å². The lowest BCUT2D eigenvalue weighted by Gasteiger charge is -2.19. The van der Waals surface area contributed by atoms with Gasteiger partial charge in [0.25, 0.3) is 0 Å². The number of hydrogen-bond acceptors (Lipinski definition) is 2. The minimum atomic E-state index is -0.253. The molecule has 0 unspecified atom stereocenters. The van der Waals surface area contributed by atoms with Gasteiger partial charge in [-0.25, -0.2) is 0 Å². The highest BCUT2D eigenvalue weighted by Gasteiger charge is 2.07. The average molecular weight is 144 g/mol. The SMILES string of the molecule is CC(C)(C)NCCC(N)=O. The fourth-order valence-electron chi connectivity index (χ4n) is 0.561. The average Bonchev–Trinajstić information content (AvgIpc) is 1.59. The fourth-order valence-corrected chi connectivity index (χ4v) is 0.561. The van der Waals surface area contributed by atoms with Crippen LogP contribution in [0.5, 0.6) is 0 Å². The van der Waals surface area contributed by atoms with Gasteiger partial charge in [-0.05, 0) is 20.8 Å². The smallest absolute Gasteiger partial charge is 0.218 e. The third-order valence-corrected chi connectivity index (χ3v) is 1.03. The Morgan fingerprint density at radius 2 is 2.00 bits per heavy atom. The standard InChI is InChI=1S/C7H16N2O/c1-7(2,3)9-5-4-6(8)10/h9H,4-5H2,1-3H3,(H2,8,10). The number of rotatable bonds is 3. The van der Waals surface area contributed by atoms with Crippen molar-refractivity contribution in [1.82, 2.24) is 5.32 Å². The van der Waals surface area contributed by atoms with Crippen molar-refractivity contribution in [3.63, 3.8) is 0 Å². The highest BCUT2D eigenvalue weighted by molar-refractivity contribution is 5.73. The Bertz CT molecular complexity index is 115. The first-order valence-corrected chi connectivity index (χ1v) is 3.45. The summed E-state index contributed by atoms with van der Waals surface area (Å²) in [6.45, 7) is 6.81. The quantitative estimate of drug-likeness (QED) is 0.596.